The van der Waals surface area contributed by atoms with Gasteiger partial charge in [0.05, 0.1) is 0 Å². The van der Waals surface area contributed by atoms with E-state index in [-0.39, 0.29) is 5.82 Å². The molecule has 1 aliphatic rings. The third kappa shape index (κ3) is 4.44. The highest BCUT2D eigenvalue weighted by Gasteiger charge is 2.34. The number of rotatable bonds is 6. The highest BCUT2D eigenvalue weighted by atomic mass is 19.1. The lowest BCUT2D eigenvalue weighted by Gasteiger charge is -2.42. The fraction of sp³-hybridized carbons (Fsp3) is 0.667. The number of nitrogens with one attached hydrogen (secondary N) is 1. The number of benzene rings is 1. The molecule has 0 unspecified atom stereocenters. The van der Waals surface area contributed by atoms with Gasteiger partial charge in [0.15, 0.2) is 0 Å². The van der Waals surface area contributed by atoms with Crippen molar-refractivity contribution in [2.24, 2.45) is 11.3 Å². The zero-order valence-corrected chi connectivity index (χ0v) is 13.7. The predicted molar refractivity (Wildman–Crippen MR) is 88.3 cm³/mol. The van der Waals surface area contributed by atoms with Crippen LogP contribution in [0.15, 0.2) is 24.3 Å². The van der Waals surface area contributed by atoms with Crippen molar-refractivity contribution in [3.05, 3.63) is 30.1 Å². The van der Waals surface area contributed by atoms with Crippen LogP contribution in [-0.2, 0) is 0 Å². The second-order valence-electron chi connectivity index (χ2n) is 6.80. The van der Waals surface area contributed by atoms with Gasteiger partial charge in [-0.2, -0.15) is 0 Å². The lowest BCUT2D eigenvalue weighted by Crippen LogP contribution is -2.45. The van der Waals surface area contributed by atoms with Gasteiger partial charge in [-0.05, 0) is 49.6 Å². The number of halogens is 1. The Bertz CT molecular complexity index is 416. The molecule has 0 saturated heterocycles. The Balaban J connectivity index is 2.05. The first kappa shape index (κ1) is 16.3. The van der Waals surface area contributed by atoms with Crippen LogP contribution in [0.1, 0.15) is 39.5 Å². The average molecular weight is 292 g/mol. The number of anilines is 1. The maximum absolute atomic E-state index is 13.1. The van der Waals surface area contributed by atoms with Crippen molar-refractivity contribution >= 4 is 5.69 Å². The molecule has 1 N–H and O–H groups in total. The molecule has 1 aromatic rings. The maximum Gasteiger partial charge on any atom is 0.123 e. The summed E-state index contributed by atoms with van der Waals surface area (Å²) in [6, 6.07) is 6.85. The van der Waals surface area contributed by atoms with E-state index < -0.39 is 0 Å². The molecule has 1 aromatic carbocycles. The van der Waals surface area contributed by atoms with Gasteiger partial charge in [-0.15, -0.1) is 0 Å². The van der Waals surface area contributed by atoms with E-state index >= 15 is 0 Å². The molecule has 118 valence electrons. The Morgan fingerprint density at radius 2 is 1.86 bits per heavy atom. The van der Waals surface area contributed by atoms with Crippen molar-refractivity contribution in [1.29, 1.82) is 0 Å². The topological polar surface area (TPSA) is 15.3 Å². The Labute approximate surface area is 128 Å². The fourth-order valence-electron chi connectivity index (χ4n) is 3.45. The third-order valence-corrected chi connectivity index (χ3v) is 4.92. The molecule has 3 heteroatoms. The molecule has 0 heterocycles. The van der Waals surface area contributed by atoms with E-state index in [0.29, 0.717) is 5.41 Å². The first-order valence-electron chi connectivity index (χ1n) is 8.22. The minimum atomic E-state index is -0.166. The van der Waals surface area contributed by atoms with Crippen LogP contribution >= 0.6 is 0 Å². The van der Waals surface area contributed by atoms with Crippen LogP contribution in [0.2, 0.25) is 0 Å². The smallest absolute Gasteiger partial charge is 0.123 e. The highest BCUT2D eigenvalue weighted by Crippen LogP contribution is 2.39. The second kappa shape index (κ2) is 7.26. The Morgan fingerprint density at radius 1 is 1.24 bits per heavy atom. The van der Waals surface area contributed by atoms with Crippen LogP contribution in [0.5, 0.6) is 0 Å². The molecule has 0 aromatic heterocycles. The van der Waals surface area contributed by atoms with Crippen LogP contribution in [0.25, 0.3) is 0 Å². The molecular formula is C18H29FN2. The van der Waals surface area contributed by atoms with E-state index in [1.807, 2.05) is 12.1 Å². The molecule has 2 nitrogen and oxygen atoms in total. The lowest BCUT2D eigenvalue weighted by molar-refractivity contribution is 0.158. The quantitative estimate of drug-likeness (QED) is 0.850. The van der Waals surface area contributed by atoms with Crippen molar-refractivity contribution in [2.75, 3.05) is 31.6 Å². The molecule has 0 atom stereocenters. The van der Waals surface area contributed by atoms with Crippen molar-refractivity contribution < 1.29 is 4.39 Å². The summed E-state index contributed by atoms with van der Waals surface area (Å²) >= 11 is 0. The summed E-state index contributed by atoms with van der Waals surface area (Å²) in [5.74, 6) is 0.692. The highest BCUT2D eigenvalue weighted by molar-refractivity contribution is 5.45. The van der Waals surface area contributed by atoms with Crippen LogP contribution in [-0.4, -0.2) is 26.7 Å². The van der Waals surface area contributed by atoms with E-state index in [0.717, 1.165) is 31.2 Å². The summed E-state index contributed by atoms with van der Waals surface area (Å²) in [6.45, 7) is 7.68. The van der Waals surface area contributed by atoms with Gasteiger partial charge < -0.3 is 10.2 Å². The summed E-state index contributed by atoms with van der Waals surface area (Å²) in [7, 11) is 2.12. The van der Waals surface area contributed by atoms with Gasteiger partial charge in [-0.25, -0.2) is 4.39 Å². The van der Waals surface area contributed by atoms with E-state index in [2.05, 4.69) is 31.1 Å². The molecular weight excluding hydrogens is 263 g/mol. The predicted octanol–water partition coefficient (Wildman–Crippen LogP) is 4.07. The fourth-order valence-corrected chi connectivity index (χ4v) is 3.45. The normalized spacial score (nSPS) is 25.8. The monoisotopic (exact) mass is 292 g/mol. The SMILES string of the molecule is CCNCC1(CN(C)c2ccc(F)cc2)CCC(C)CC1. The summed E-state index contributed by atoms with van der Waals surface area (Å²) in [5.41, 5.74) is 1.46. The molecule has 1 saturated carbocycles. The summed E-state index contributed by atoms with van der Waals surface area (Å²) in [5, 5.41) is 3.55. The lowest BCUT2D eigenvalue weighted by atomic mass is 9.70. The molecule has 21 heavy (non-hydrogen) atoms. The van der Waals surface area contributed by atoms with Gasteiger partial charge in [-0.1, -0.05) is 26.7 Å². The second-order valence-corrected chi connectivity index (χ2v) is 6.80. The molecule has 0 bridgehead atoms. The maximum atomic E-state index is 13.1. The minimum absolute atomic E-state index is 0.166. The standard InChI is InChI=1S/C18H29FN2/c1-4-20-13-18(11-9-15(2)10-12-18)14-21(3)17-7-5-16(19)6-8-17/h5-8,15,20H,4,9-14H2,1-3H3. The van der Waals surface area contributed by atoms with Gasteiger partial charge in [0, 0.05) is 31.2 Å². The van der Waals surface area contributed by atoms with Gasteiger partial charge in [-0.3, -0.25) is 0 Å². The van der Waals surface area contributed by atoms with Gasteiger partial charge in [0.1, 0.15) is 5.82 Å². The zero-order chi connectivity index (χ0) is 15.3. The number of hydrogen-bond acceptors (Lipinski definition) is 2. The van der Waals surface area contributed by atoms with Crippen molar-refractivity contribution in [3.63, 3.8) is 0 Å². The first-order valence-corrected chi connectivity index (χ1v) is 8.22. The molecule has 2 rings (SSSR count). The van der Waals surface area contributed by atoms with Gasteiger partial charge >= 0.3 is 0 Å². The van der Waals surface area contributed by atoms with Crippen molar-refractivity contribution in [1.82, 2.24) is 5.32 Å². The largest absolute Gasteiger partial charge is 0.374 e. The Kier molecular flexibility index (Phi) is 5.63. The molecule has 1 aliphatic carbocycles. The molecule has 0 amide bonds. The van der Waals surface area contributed by atoms with Crippen LogP contribution in [0.3, 0.4) is 0 Å². The minimum Gasteiger partial charge on any atom is -0.374 e. The first-order chi connectivity index (χ1) is 10.0. The van der Waals surface area contributed by atoms with Gasteiger partial charge in [0.25, 0.3) is 0 Å². The van der Waals surface area contributed by atoms with E-state index in [1.54, 1.807) is 12.1 Å². The van der Waals surface area contributed by atoms with Crippen LogP contribution < -0.4 is 10.2 Å². The molecule has 0 spiro atoms. The van der Waals surface area contributed by atoms with Crippen molar-refractivity contribution in [3.8, 4) is 0 Å². The number of nitrogens with zero attached hydrogens (tertiary/aromatic N) is 1. The molecule has 1 fully saturated rings. The Hall–Kier alpha value is -1.09. The summed E-state index contributed by atoms with van der Waals surface area (Å²) in [4.78, 5) is 2.28. The third-order valence-electron chi connectivity index (χ3n) is 4.92. The van der Waals surface area contributed by atoms with Gasteiger partial charge in [0.2, 0.25) is 0 Å². The Morgan fingerprint density at radius 3 is 2.43 bits per heavy atom. The number of hydrogen-bond donors (Lipinski definition) is 1. The molecule has 0 radical (unpaired) electrons. The van der Waals surface area contributed by atoms with Crippen LogP contribution in [0, 0.1) is 17.2 Å². The van der Waals surface area contributed by atoms with Crippen LogP contribution in [0.4, 0.5) is 10.1 Å². The summed E-state index contributed by atoms with van der Waals surface area (Å²) < 4.78 is 13.1. The summed E-state index contributed by atoms with van der Waals surface area (Å²) in [6.07, 6.45) is 5.21. The zero-order valence-electron chi connectivity index (χ0n) is 13.7. The van der Waals surface area contributed by atoms with Crippen molar-refractivity contribution in [2.45, 2.75) is 39.5 Å². The van der Waals surface area contributed by atoms with E-state index in [9.17, 15) is 4.39 Å². The molecule has 0 aliphatic heterocycles. The van der Waals surface area contributed by atoms with E-state index in [4.69, 9.17) is 0 Å². The average Bonchev–Trinajstić information content (AvgIpc) is 2.49. The van der Waals surface area contributed by atoms with E-state index in [1.165, 1.54) is 25.7 Å².